The van der Waals surface area contributed by atoms with Crippen LogP contribution in [-0.2, 0) is 0 Å². The van der Waals surface area contributed by atoms with Crippen molar-refractivity contribution in [2.45, 2.75) is 6.92 Å². The summed E-state index contributed by atoms with van der Waals surface area (Å²) >= 11 is 9.39. The minimum Gasteiger partial charge on any atom is -0.235 e. The smallest absolute Gasteiger partial charge is 0.150 e. The normalized spacial score (nSPS) is 11.1. The Morgan fingerprint density at radius 2 is 2.12 bits per heavy atom. The number of nitrogens with zero attached hydrogens (tertiary/aromatic N) is 2. The Hall–Kier alpha value is -0.970. The van der Waals surface area contributed by atoms with E-state index in [4.69, 9.17) is 11.6 Å². The van der Waals surface area contributed by atoms with Gasteiger partial charge in [-0.25, -0.2) is 9.97 Å². The molecule has 0 aromatic carbocycles. The lowest BCUT2D eigenvalue weighted by molar-refractivity contribution is 1.23. The van der Waals surface area contributed by atoms with E-state index in [-0.39, 0.29) is 0 Å². The van der Waals surface area contributed by atoms with E-state index in [1.165, 1.54) is 22.3 Å². The van der Waals surface area contributed by atoms with E-state index < -0.39 is 0 Å². The second-order valence-electron chi connectivity index (χ2n) is 3.46. The molecule has 0 N–H and O–H groups in total. The molecule has 0 atom stereocenters. The van der Waals surface area contributed by atoms with Gasteiger partial charge in [0.15, 0.2) is 0 Å². The molecule has 0 unspecified atom stereocenters. The Balaban J connectivity index is 2.27. The maximum atomic E-state index is 6.03. The molecule has 0 aliphatic heterocycles. The van der Waals surface area contributed by atoms with Crippen molar-refractivity contribution in [2.24, 2.45) is 0 Å². The molecule has 0 saturated heterocycles. The molecule has 0 radical (unpaired) electrons. The highest BCUT2D eigenvalue weighted by Gasteiger charge is 2.10. The van der Waals surface area contributed by atoms with E-state index in [9.17, 15) is 0 Å². The zero-order chi connectivity index (χ0) is 11.1. The summed E-state index contributed by atoms with van der Waals surface area (Å²) in [7, 11) is 0. The van der Waals surface area contributed by atoms with Crippen LogP contribution >= 0.6 is 34.3 Å². The number of hydrogen-bond donors (Lipinski definition) is 0. The number of fused-ring (bicyclic) bond motifs is 1. The zero-order valence-electron chi connectivity index (χ0n) is 8.40. The van der Waals surface area contributed by atoms with Crippen LogP contribution in [0.4, 0.5) is 0 Å². The van der Waals surface area contributed by atoms with Crippen molar-refractivity contribution >= 4 is 44.5 Å². The molecule has 0 saturated carbocycles. The molecular formula is C11H7ClN2S2. The monoisotopic (exact) mass is 266 g/mol. The van der Waals surface area contributed by atoms with E-state index in [0.29, 0.717) is 5.15 Å². The Morgan fingerprint density at radius 1 is 1.25 bits per heavy atom. The number of hydrogen-bond acceptors (Lipinski definition) is 4. The third-order valence-corrected chi connectivity index (χ3v) is 4.81. The van der Waals surface area contributed by atoms with Crippen LogP contribution in [0, 0.1) is 6.92 Å². The molecule has 3 aromatic heterocycles. The average molecular weight is 267 g/mol. The molecule has 3 rings (SSSR count). The van der Waals surface area contributed by atoms with Crippen LogP contribution in [0.25, 0.3) is 20.7 Å². The second-order valence-corrected chi connectivity index (χ2v) is 5.61. The third-order valence-electron chi connectivity index (χ3n) is 2.39. The number of aromatic nitrogens is 2. The molecule has 2 nitrogen and oxygen atoms in total. The third kappa shape index (κ3) is 1.54. The highest BCUT2D eigenvalue weighted by Crippen LogP contribution is 2.37. The first-order valence-corrected chi connectivity index (χ1v) is 6.82. The Morgan fingerprint density at radius 3 is 2.81 bits per heavy atom. The molecule has 3 heterocycles. The summed E-state index contributed by atoms with van der Waals surface area (Å²) in [5.74, 6) is 0. The molecule has 16 heavy (non-hydrogen) atoms. The van der Waals surface area contributed by atoms with Gasteiger partial charge in [0.1, 0.15) is 11.5 Å². The topological polar surface area (TPSA) is 25.8 Å². The van der Waals surface area contributed by atoms with Crippen LogP contribution in [0.15, 0.2) is 23.2 Å². The van der Waals surface area contributed by atoms with E-state index in [0.717, 1.165) is 10.2 Å². The summed E-state index contributed by atoms with van der Waals surface area (Å²) in [6.45, 7) is 2.11. The van der Waals surface area contributed by atoms with Crippen LogP contribution in [-0.4, -0.2) is 9.97 Å². The Labute approximate surface area is 106 Å². The van der Waals surface area contributed by atoms with Gasteiger partial charge in [0.05, 0.1) is 10.2 Å². The van der Waals surface area contributed by atoms with Gasteiger partial charge in [0.25, 0.3) is 0 Å². The molecule has 3 aromatic rings. The quantitative estimate of drug-likeness (QED) is 0.611. The molecule has 0 aliphatic rings. The van der Waals surface area contributed by atoms with Crippen molar-refractivity contribution in [3.8, 4) is 10.4 Å². The van der Waals surface area contributed by atoms with Crippen molar-refractivity contribution in [1.29, 1.82) is 0 Å². The first-order valence-electron chi connectivity index (χ1n) is 4.69. The summed E-state index contributed by atoms with van der Waals surface area (Å²) in [4.78, 5) is 9.42. The summed E-state index contributed by atoms with van der Waals surface area (Å²) in [6.07, 6.45) is 1.50. The summed E-state index contributed by atoms with van der Waals surface area (Å²) < 4.78 is 0.963. The lowest BCUT2D eigenvalue weighted by Gasteiger charge is -1.92. The molecule has 0 amide bonds. The average Bonchev–Trinajstić information content (AvgIpc) is 2.84. The van der Waals surface area contributed by atoms with Gasteiger partial charge in [-0.1, -0.05) is 11.6 Å². The van der Waals surface area contributed by atoms with Gasteiger partial charge in [0, 0.05) is 10.4 Å². The predicted octanol–water partition coefficient (Wildman–Crippen LogP) is 4.38. The fourth-order valence-corrected chi connectivity index (χ4v) is 3.82. The zero-order valence-corrected chi connectivity index (χ0v) is 10.8. The largest absolute Gasteiger partial charge is 0.235 e. The van der Waals surface area contributed by atoms with E-state index in [2.05, 4.69) is 33.7 Å². The van der Waals surface area contributed by atoms with Crippen molar-refractivity contribution in [2.75, 3.05) is 0 Å². The highest BCUT2D eigenvalue weighted by atomic mass is 35.5. The molecule has 0 bridgehead atoms. The number of aryl methyl sites for hydroxylation is 1. The van der Waals surface area contributed by atoms with Crippen molar-refractivity contribution in [3.05, 3.63) is 33.9 Å². The van der Waals surface area contributed by atoms with Crippen LogP contribution in [0.5, 0.6) is 0 Å². The fourth-order valence-electron chi connectivity index (χ4n) is 1.57. The summed E-state index contributed by atoms with van der Waals surface area (Å²) in [6, 6.07) is 2.07. The maximum Gasteiger partial charge on any atom is 0.150 e. The summed E-state index contributed by atoms with van der Waals surface area (Å²) in [5.41, 5.74) is 3.48. The van der Waals surface area contributed by atoms with Gasteiger partial charge in [0.2, 0.25) is 0 Å². The van der Waals surface area contributed by atoms with Gasteiger partial charge < -0.3 is 0 Å². The number of rotatable bonds is 1. The fraction of sp³-hybridized carbons (Fsp3) is 0.0909. The van der Waals surface area contributed by atoms with Crippen LogP contribution < -0.4 is 0 Å². The van der Waals surface area contributed by atoms with Crippen LogP contribution in [0.3, 0.4) is 0 Å². The van der Waals surface area contributed by atoms with Gasteiger partial charge in [-0.15, -0.1) is 11.3 Å². The summed E-state index contributed by atoms with van der Waals surface area (Å²) in [5, 5.41) is 4.84. The minimum atomic E-state index is 0.536. The lowest BCUT2D eigenvalue weighted by Crippen LogP contribution is -1.76. The van der Waals surface area contributed by atoms with Gasteiger partial charge in [-0.3, -0.25) is 0 Å². The molecular weight excluding hydrogens is 260 g/mol. The lowest BCUT2D eigenvalue weighted by atomic mass is 10.2. The van der Waals surface area contributed by atoms with Crippen molar-refractivity contribution < 1.29 is 0 Å². The number of halogens is 1. The number of thiophene rings is 2. The van der Waals surface area contributed by atoms with E-state index in [1.807, 2.05) is 0 Å². The SMILES string of the molecule is Cc1cscc1-c1cc2ncnc(Cl)c2s1. The molecule has 0 aliphatic carbocycles. The predicted molar refractivity (Wildman–Crippen MR) is 70.5 cm³/mol. The van der Waals surface area contributed by atoms with Gasteiger partial charge in [-0.2, -0.15) is 11.3 Å². The molecule has 0 fully saturated rings. The minimum absolute atomic E-state index is 0.536. The van der Waals surface area contributed by atoms with Crippen molar-refractivity contribution in [1.82, 2.24) is 9.97 Å². The maximum absolute atomic E-state index is 6.03. The molecule has 80 valence electrons. The second kappa shape index (κ2) is 3.80. The van der Waals surface area contributed by atoms with Crippen molar-refractivity contribution in [3.63, 3.8) is 0 Å². The van der Waals surface area contributed by atoms with Crippen LogP contribution in [0.1, 0.15) is 5.56 Å². The first kappa shape index (κ1) is 10.2. The molecule has 5 heteroatoms. The highest BCUT2D eigenvalue weighted by molar-refractivity contribution is 7.23. The van der Waals surface area contributed by atoms with E-state index in [1.54, 1.807) is 22.7 Å². The Bertz CT molecular complexity index is 657. The van der Waals surface area contributed by atoms with Gasteiger partial charge in [-0.05, 0) is 29.3 Å². The molecule has 0 spiro atoms. The van der Waals surface area contributed by atoms with Crippen LogP contribution in [0.2, 0.25) is 5.15 Å². The first-order chi connectivity index (χ1) is 7.75. The Kier molecular flexibility index (Phi) is 2.42. The van der Waals surface area contributed by atoms with E-state index >= 15 is 0 Å². The standard InChI is InChI=1S/C11H7ClN2S2/c1-6-3-15-4-7(6)9-2-8-10(16-9)11(12)14-5-13-8/h2-5H,1H3. The van der Waals surface area contributed by atoms with Gasteiger partial charge >= 0.3 is 0 Å².